The van der Waals surface area contributed by atoms with Gasteiger partial charge < -0.3 is 5.11 Å². The van der Waals surface area contributed by atoms with Crippen molar-refractivity contribution in [3.63, 3.8) is 0 Å². The summed E-state index contributed by atoms with van der Waals surface area (Å²) in [6.45, 7) is 1.17. The molecule has 0 aliphatic carbocycles. The number of allylic oxidation sites excluding steroid dienone is 2. The summed E-state index contributed by atoms with van der Waals surface area (Å²) in [5.74, 6) is -2.78. The zero-order chi connectivity index (χ0) is 19.2. The maximum atomic E-state index is 11.9. The van der Waals surface area contributed by atoms with Gasteiger partial charge >= 0.3 is 6.18 Å². The van der Waals surface area contributed by atoms with E-state index in [1.165, 1.54) is 30.9 Å². The van der Waals surface area contributed by atoms with Gasteiger partial charge in [0.05, 0.1) is 42.3 Å². The minimum Gasteiger partial charge on any atom is -0.504 e. The van der Waals surface area contributed by atoms with E-state index in [2.05, 4.69) is 42.3 Å². The second-order valence-electron chi connectivity index (χ2n) is 7.48. The predicted molar refractivity (Wildman–Crippen MR) is 102 cm³/mol. The first kappa shape index (κ1) is 34.2. The van der Waals surface area contributed by atoms with E-state index in [0.717, 1.165) is 8.97 Å². The maximum Gasteiger partial charge on any atom is 0.448 e. The minimum absolute atomic E-state index is 0. The van der Waals surface area contributed by atoms with E-state index in [0.29, 0.717) is 0 Å². The molecule has 0 aliphatic heterocycles. The summed E-state index contributed by atoms with van der Waals surface area (Å²) in [6.07, 6.45) is -4.72. The topological polar surface area (TPSA) is 37.3 Å². The fraction of sp³-hybridized carbons (Fsp3) is 0.526. The fourth-order valence-corrected chi connectivity index (χ4v) is 2.16. The molecule has 1 radical (unpaired) electrons. The van der Waals surface area contributed by atoms with Gasteiger partial charge in [-0.2, -0.15) is 13.2 Å². The molecule has 8 heteroatoms. The van der Waals surface area contributed by atoms with Gasteiger partial charge in [-0.1, -0.05) is 45.2 Å². The van der Waals surface area contributed by atoms with Crippen LogP contribution in [-0.2, 0) is 0 Å². The van der Waals surface area contributed by atoms with Crippen LogP contribution in [0.15, 0.2) is 42.2 Å². The fourth-order valence-electron chi connectivity index (χ4n) is 2.16. The number of carbonyl (C=O) groups excluding carboxylic acids is 1. The predicted octanol–water partition coefficient (Wildman–Crippen LogP) is 4.50. The first-order chi connectivity index (χ1) is 10.6. The number of rotatable bonds is 4. The van der Waals surface area contributed by atoms with E-state index in [4.69, 9.17) is 5.11 Å². The van der Waals surface area contributed by atoms with Gasteiger partial charge in [0, 0.05) is 61.0 Å². The summed E-state index contributed by atoms with van der Waals surface area (Å²) < 4.78 is 37.6. The Hall–Kier alpha value is -0.276. The molecule has 27 heavy (non-hydrogen) atoms. The van der Waals surface area contributed by atoms with Crippen LogP contribution in [0.2, 0.25) is 0 Å². The van der Waals surface area contributed by atoms with E-state index >= 15 is 0 Å². The van der Waals surface area contributed by atoms with Gasteiger partial charge in [-0.05, 0) is 0 Å². The van der Waals surface area contributed by atoms with Crippen molar-refractivity contribution in [2.75, 3.05) is 49.0 Å². The first-order valence-corrected chi connectivity index (χ1v) is 7.30. The molecule has 0 atom stereocenters. The Labute approximate surface area is 203 Å². The summed E-state index contributed by atoms with van der Waals surface area (Å²) in [5, 5.41) is 8.53. The molecule has 0 saturated carbocycles. The molecule has 0 unspecified atom stereocenters. The van der Waals surface area contributed by atoms with Crippen molar-refractivity contribution >= 4 is 5.78 Å². The number of quaternary nitrogens is 2. The van der Waals surface area contributed by atoms with Crippen molar-refractivity contribution in [2.45, 2.75) is 21.0 Å². The van der Waals surface area contributed by atoms with Crippen LogP contribution in [0, 0.1) is 49.4 Å². The third-order valence-corrected chi connectivity index (χ3v) is 2.47. The number of hydrogen-bond acceptors (Lipinski definition) is 2. The molecule has 0 saturated heterocycles. The molecule has 0 heterocycles. The monoisotopic (exact) mass is 533 g/mol. The average molecular weight is 532 g/mol. The Morgan fingerprint density at radius 3 is 1.59 bits per heavy atom. The number of alkyl halides is 3. The largest absolute Gasteiger partial charge is 0.504 e. The van der Waals surface area contributed by atoms with E-state index in [1.807, 2.05) is 0 Å². The van der Waals surface area contributed by atoms with Crippen LogP contribution < -0.4 is 0 Å². The summed E-state index contributed by atoms with van der Waals surface area (Å²) in [6, 6.07) is 7.40. The SMILES string of the molecule is C.C.C[N+](C)(C)C[N+](C)(C)C.O=C(C=C(O)C(F)(F)F)c1ccccc1.[Eu]. The molecule has 1 aromatic carbocycles. The zero-order valence-electron chi connectivity index (χ0n) is 15.4. The summed E-state index contributed by atoms with van der Waals surface area (Å²) in [5.41, 5.74) is 0.0910. The number of nitrogens with zero attached hydrogens (tertiary/aromatic N) is 2. The molecule has 0 spiro atoms. The molecular formula is C19H35EuF3N2O2+2. The van der Waals surface area contributed by atoms with Gasteiger partial charge in [-0.3, -0.25) is 13.8 Å². The Morgan fingerprint density at radius 1 is 0.963 bits per heavy atom. The van der Waals surface area contributed by atoms with Crippen molar-refractivity contribution < 1.29 is 81.4 Å². The Bertz CT molecular complexity index is 549. The third-order valence-electron chi connectivity index (χ3n) is 2.47. The quantitative estimate of drug-likeness (QED) is 0.204. The Morgan fingerprint density at radius 2 is 1.33 bits per heavy atom. The van der Waals surface area contributed by atoms with Crippen LogP contribution in [0.25, 0.3) is 0 Å². The Kier molecular flexibility index (Phi) is 17.5. The molecule has 1 N–H and O–H groups in total. The number of carbonyl (C=O) groups is 1. The van der Waals surface area contributed by atoms with Gasteiger partial charge in [0.25, 0.3) is 0 Å². The van der Waals surface area contributed by atoms with Crippen molar-refractivity contribution in [1.29, 1.82) is 0 Å². The minimum atomic E-state index is -4.88. The zero-order valence-corrected chi connectivity index (χ0v) is 17.9. The molecule has 0 amide bonds. The molecule has 4 nitrogen and oxygen atoms in total. The number of benzene rings is 1. The number of hydrogen-bond donors (Lipinski definition) is 1. The van der Waals surface area contributed by atoms with Gasteiger partial charge in [0.15, 0.2) is 5.78 Å². The second-order valence-corrected chi connectivity index (χ2v) is 7.48. The van der Waals surface area contributed by atoms with Crippen LogP contribution in [0.1, 0.15) is 25.2 Å². The summed E-state index contributed by atoms with van der Waals surface area (Å²) in [4.78, 5) is 11.2. The molecule has 1 aromatic rings. The molecule has 0 aromatic heterocycles. The molecular weight excluding hydrogens is 497 g/mol. The Balaban J connectivity index is -0.000000195. The van der Waals surface area contributed by atoms with Crippen molar-refractivity contribution in [2.24, 2.45) is 0 Å². The van der Waals surface area contributed by atoms with Crippen LogP contribution in [0.4, 0.5) is 13.2 Å². The van der Waals surface area contributed by atoms with Crippen LogP contribution in [0.5, 0.6) is 0 Å². The van der Waals surface area contributed by atoms with Crippen LogP contribution in [0.3, 0.4) is 0 Å². The number of aliphatic hydroxyl groups excluding tert-OH is 1. The maximum absolute atomic E-state index is 11.9. The average Bonchev–Trinajstić information content (AvgIpc) is 2.35. The van der Waals surface area contributed by atoms with Gasteiger partial charge in [0.2, 0.25) is 12.4 Å². The van der Waals surface area contributed by atoms with E-state index in [9.17, 15) is 18.0 Å². The van der Waals surface area contributed by atoms with E-state index in [-0.39, 0.29) is 75.9 Å². The van der Waals surface area contributed by atoms with E-state index < -0.39 is 17.7 Å². The smallest absolute Gasteiger partial charge is 0.448 e. The number of ketones is 1. The van der Waals surface area contributed by atoms with Gasteiger partial charge in [-0.15, -0.1) is 0 Å². The summed E-state index contributed by atoms with van der Waals surface area (Å²) >= 11 is 0. The van der Waals surface area contributed by atoms with Crippen molar-refractivity contribution in [3.8, 4) is 0 Å². The van der Waals surface area contributed by atoms with Crippen molar-refractivity contribution in [3.05, 3.63) is 47.7 Å². The number of aliphatic hydroxyl groups is 1. The second kappa shape index (κ2) is 13.8. The third kappa shape index (κ3) is 18.8. The molecule has 0 bridgehead atoms. The van der Waals surface area contributed by atoms with E-state index in [1.54, 1.807) is 6.07 Å². The molecule has 159 valence electrons. The summed E-state index contributed by atoms with van der Waals surface area (Å²) in [7, 11) is 13.3. The van der Waals surface area contributed by atoms with Crippen molar-refractivity contribution in [1.82, 2.24) is 0 Å². The normalized spacial score (nSPS) is 11.7. The van der Waals surface area contributed by atoms with Crippen LogP contribution in [-0.4, -0.2) is 75.0 Å². The van der Waals surface area contributed by atoms with Crippen LogP contribution >= 0.6 is 0 Å². The van der Waals surface area contributed by atoms with Gasteiger partial charge in [-0.25, -0.2) is 0 Å². The molecule has 0 fully saturated rings. The van der Waals surface area contributed by atoms with Gasteiger partial charge in [0.1, 0.15) is 0 Å². The molecule has 1 rings (SSSR count). The standard InChI is InChI=1S/C10H7F3O2.C7H20N2.2CH4.Eu/c11-10(12,13)9(15)6-8(14)7-4-2-1-3-5-7;1-8(2,3)7-9(4,5)6;;;/h1-6,15H;7H2,1-6H3;2*1H4;/q;+2;;;. The molecule has 0 aliphatic rings. The number of halogens is 3. The first-order valence-electron chi connectivity index (χ1n) is 7.30.